The Hall–Kier alpha value is -1.26. The van der Waals surface area contributed by atoms with Crippen LogP contribution in [0.1, 0.15) is 33.3 Å². The van der Waals surface area contributed by atoms with Gasteiger partial charge in [0.05, 0.1) is 20.3 Å². The molecular weight excluding hydrogens is 266 g/mol. The quantitative estimate of drug-likeness (QED) is 0.719. The minimum Gasteiger partial charge on any atom is -0.493 e. The van der Waals surface area contributed by atoms with Crippen LogP contribution in [0, 0.1) is 5.92 Å². The van der Waals surface area contributed by atoms with Crippen LogP contribution in [0.25, 0.3) is 0 Å². The lowest BCUT2D eigenvalue weighted by Gasteiger charge is -2.22. The standard InChI is InChI=1S/C17H29NO3/c1-6-20-12-15(13(3)4)18-11-14-8-9-16(19-5)17(10-14)21-7-2/h8-10,13,15,18H,6-7,11-12H2,1-5H3. The Labute approximate surface area is 128 Å². The van der Waals surface area contributed by atoms with E-state index in [1.165, 1.54) is 5.56 Å². The highest BCUT2D eigenvalue weighted by Gasteiger charge is 2.13. The van der Waals surface area contributed by atoms with Gasteiger partial charge >= 0.3 is 0 Å². The third kappa shape index (κ3) is 5.94. The van der Waals surface area contributed by atoms with Crippen molar-refractivity contribution in [1.29, 1.82) is 0 Å². The highest BCUT2D eigenvalue weighted by atomic mass is 16.5. The molecule has 120 valence electrons. The topological polar surface area (TPSA) is 39.7 Å². The summed E-state index contributed by atoms with van der Waals surface area (Å²) in [6.45, 7) is 11.3. The molecule has 4 nitrogen and oxygen atoms in total. The van der Waals surface area contributed by atoms with Gasteiger partial charge in [0.2, 0.25) is 0 Å². The molecule has 0 heterocycles. The van der Waals surface area contributed by atoms with Gasteiger partial charge in [-0.3, -0.25) is 0 Å². The molecule has 0 aliphatic rings. The maximum Gasteiger partial charge on any atom is 0.161 e. The summed E-state index contributed by atoms with van der Waals surface area (Å²) in [6.07, 6.45) is 0. The molecule has 0 saturated heterocycles. The van der Waals surface area contributed by atoms with Gasteiger partial charge in [-0.25, -0.2) is 0 Å². The minimum atomic E-state index is 0.350. The predicted molar refractivity (Wildman–Crippen MR) is 86.1 cm³/mol. The van der Waals surface area contributed by atoms with Gasteiger partial charge in [-0.15, -0.1) is 0 Å². The third-order valence-corrected chi connectivity index (χ3v) is 3.40. The van der Waals surface area contributed by atoms with E-state index in [0.717, 1.165) is 31.3 Å². The van der Waals surface area contributed by atoms with Crippen LogP contribution < -0.4 is 14.8 Å². The maximum absolute atomic E-state index is 5.61. The van der Waals surface area contributed by atoms with Crippen LogP contribution in [0.5, 0.6) is 11.5 Å². The molecule has 0 spiro atoms. The zero-order chi connectivity index (χ0) is 15.7. The second-order valence-electron chi connectivity index (χ2n) is 5.31. The zero-order valence-electron chi connectivity index (χ0n) is 13.9. The van der Waals surface area contributed by atoms with E-state index in [4.69, 9.17) is 14.2 Å². The summed E-state index contributed by atoms with van der Waals surface area (Å²) >= 11 is 0. The number of methoxy groups -OCH3 is 1. The average molecular weight is 295 g/mol. The Morgan fingerprint density at radius 2 is 1.86 bits per heavy atom. The summed E-state index contributed by atoms with van der Waals surface area (Å²) in [5.41, 5.74) is 1.18. The Balaban J connectivity index is 2.66. The average Bonchev–Trinajstić information content (AvgIpc) is 2.47. The van der Waals surface area contributed by atoms with E-state index < -0.39 is 0 Å². The van der Waals surface area contributed by atoms with Crippen molar-refractivity contribution in [1.82, 2.24) is 5.32 Å². The smallest absolute Gasteiger partial charge is 0.161 e. The highest BCUT2D eigenvalue weighted by Crippen LogP contribution is 2.28. The molecule has 0 fully saturated rings. The predicted octanol–water partition coefficient (Wildman–Crippen LogP) is 3.24. The first-order chi connectivity index (χ1) is 10.1. The van der Waals surface area contributed by atoms with E-state index in [1.807, 2.05) is 26.0 Å². The first-order valence-corrected chi connectivity index (χ1v) is 7.73. The van der Waals surface area contributed by atoms with Gasteiger partial charge in [0, 0.05) is 19.2 Å². The summed E-state index contributed by atoms with van der Waals surface area (Å²) in [5, 5.41) is 3.56. The number of hydrogen-bond acceptors (Lipinski definition) is 4. The van der Waals surface area contributed by atoms with Gasteiger partial charge in [0.25, 0.3) is 0 Å². The first-order valence-electron chi connectivity index (χ1n) is 7.73. The second kappa shape index (κ2) is 9.64. The van der Waals surface area contributed by atoms with Gasteiger partial charge < -0.3 is 19.5 Å². The molecule has 0 aliphatic heterocycles. The van der Waals surface area contributed by atoms with Crippen LogP contribution >= 0.6 is 0 Å². The summed E-state index contributed by atoms with van der Waals surface area (Å²) in [4.78, 5) is 0. The van der Waals surface area contributed by atoms with E-state index in [-0.39, 0.29) is 0 Å². The summed E-state index contributed by atoms with van der Waals surface area (Å²) in [5.74, 6) is 2.10. The fourth-order valence-electron chi connectivity index (χ4n) is 2.08. The normalized spacial score (nSPS) is 12.5. The lowest BCUT2D eigenvalue weighted by atomic mass is 10.0. The highest BCUT2D eigenvalue weighted by molar-refractivity contribution is 5.42. The molecule has 1 aromatic carbocycles. The molecule has 21 heavy (non-hydrogen) atoms. The summed E-state index contributed by atoms with van der Waals surface area (Å²) in [6, 6.07) is 6.40. The number of rotatable bonds is 10. The van der Waals surface area contributed by atoms with E-state index in [9.17, 15) is 0 Å². The van der Waals surface area contributed by atoms with Gasteiger partial charge in [0.15, 0.2) is 11.5 Å². The fourth-order valence-corrected chi connectivity index (χ4v) is 2.08. The number of hydrogen-bond donors (Lipinski definition) is 1. The molecule has 0 aliphatic carbocycles. The van der Waals surface area contributed by atoms with Crippen molar-refractivity contribution >= 4 is 0 Å². The van der Waals surface area contributed by atoms with E-state index >= 15 is 0 Å². The summed E-state index contributed by atoms with van der Waals surface area (Å²) in [7, 11) is 1.66. The molecule has 0 saturated carbocycles. The van der Waals surface area contributed by atoms with Gasteiger partial charge in [-0.1, -0.05) is 19.9 Å². The molecule has 0 radical (unpaired) electrons. The van der Waals surface area contributed by atoms with Crippen molar-refractivity contribution in [2.75, 3.05) is 26.9 Å². The molecule has 1 unspecified atom stereocenters. The van der Waals surface area contributed by atoms with Crippen LogP contribution in [0.15, 0.2) is 18.2 Å². The SMILES string of the molecule is CCOCC(NCc1ccc(OC)c(OCC)c1)C(C)C. The van der Waals surface area contributed by atoms with E-state index in [0.29, 0.717) is 18.6 Å². The van der Waals surface area contributed by atoms with Crippen LogP contribution in [0.2, 0.25) is 0 Å². The molecule has 1 atom stereocenters. The Kier molecular flexibility index (Phi) is 8.16. The van der Waals surface area contributed by atoms with Gasteiger partial charge in [0.1, 0.15) is 0 Å². The number of ether oxygens (including phenoxy) is 3. The molecule has 0 bridgehead atoms. The van der Waals surface area contributed by atoms with Crippen LogP contribution in [-0.4, -0.2) is 33.0 Å². The molecule has 0 amide bonds. The number of benzene rings is 1. The Morgan fingerprint density at radius 3 is 2.43 bits per heavy atom. The molecule has 1 rings (SSSR count). The van der Waals surface area contributed by atoms with Crippen molar-refractivity contribution < 1.29 is 14.2 Å². The Bertz CT molecular complexity index is 407. The van der Waals surface area contributed by atoms with Crippen LogP contribution in [0.4, 0.5) is 0 Å². The monoisotopic (exact) mass is 295 g/mol. The lowest BCUT2D eigenvalue weighted by molar-refractivity contribution is 0.108. The summed E-state index contributed by atoms with van der Waals surface area (Å²) < 4.78 is 16.5. The molecule has 4 heteroatoms. The molecular formula is C17H29NO3. The van der Waals surface area contributed by atoms with Crippen LogP contribution in [0.3, 0.4) is 0 Å². The van der Waals surface area contributed by atoms with Gasteiger partial charge in [-0.2, -0.15) is 0 Å². The Morgan fingerprint density at radius 1 is 1.10 bits per heavy atom. The van der Waals surface area contributed by atoms with Crippen molar-refractivity contribution in [2.24, 2.45) is 5.92 Å². The van der Waals surface area contributed by atoms with Crippen molar-refractivity contribution in [3.05, 3.63) is 23.8 Å². The maximum atomic E-state index is 5.61. The molecule has 1 N–H and O–H groups in total. The van der Waals surface area contributed by atoms with Crippen LogP contribution in [-0.2, 0) is 11.3 Å². The van der Waals surface area contributed by atoms with Crippen molar-refractivity contribution in [3.8, 4) is 11.5 Å². The van der Waals surface area contributed by atoms with E-state index in [1.54, 1.807) is 7.11 Å². The van der Waals surface area contributed by atoms with Crippen molar-refractivity contribution in [3.63, 3.8) is 0 Å². The minimum absolute atomic E-state index is 0.350. The molecule has 1 aromatic rings. The van der Waals surface area contributed by atoms with Crippen molar-refractivity contribution in [2.45, 2.75) is 40.3 Å². The number of nitrogens with one attached hydrogen (secondary N) is 1. The second-order valence-corrected chi connectivity index (χ2v) is 5.31. The first kappa shape index (κ1) is 17.8. The van der Waals surface area contributed by atoms with Gasteiger partial charge in [-0.05, 0) is 37.5 Å². The largest absolute Gasteiger partial charge is 0.493 e. The third-order valence-electron chi connectivity index (χ3n) is 3.40. The fraction of sp³-hybridized carbons (Fsp3) is 0.647. The van der Waals surface area contributed by atoms with E-state index in [2.05, 4.69) is 25.2 Å². The lowest BCUT2D eigenvalue weighted by Crippen LogP contribution is -2.37. The molecule has 0 aromatic heterocycles. The zero-order valence-corrected chi connectivity index (χ0v) is 13.9.